The van der Waals surface area contributed by atoms with Gasteiger partial charge in [0.05, 0.1) is 6.04 Å². The molecule has 0 aliphatic rings. The van der Waals surface area contributed by atoms with Crippen LogP contribution in [0.15, 0.2) is 36.4 Å². The van der Waals surface area contributed by atoms with E-state index in [1.54, 1.807) is 13.0 Å². The molecule has 0 fully saturated rings. The Kier molecular flexibility index (Phi) is 4.45. The van der Waals surface area contributed by atoms with Crippen LogP contribution in [-0.4, -0.2) is 6.54 Å². The topological polar surface area (TPSA) is 12.0 Å². The number of hydrogen-bond donors (Lipinski definition) is 1. The van der Waals surface area contributed by atoms with Crippen LogP contribution in [-0.2, 0) is 0 Å². The van der Waals surface area contributed by atoms with E-state index < -0.39 is 11.6 Å². The molecule has 1 N–H and O–H groups in total. The maximum absolute atomic E-state index is 13.4. The van der Waals surface area contributed by atoms with Gasteiger partial charge in [-0.1, -0.05) is 19.1 Å². The van der Waals surface area contributed by atoms with Crippen LogP contribution in [0.2, 0.25) is 0 Å². The second-order valence-electron chi connectivity index (χ2n) is 4.67. The minimum Gasteiger partial charge on any atom is -0.307 e. The van der Waals surface area contributed by atoms with Crippen LogP contribution in [0.1, 0.15) is 29.7 Å². The molecule has 106 valence electrons. The van der Waals surface area contributed by atoms with Crippen molar-refractivity contribution in [2.45, 2.75) is 19.9 Å². The normalized spacial score (nSPS) is 12.4. The molecule has 0 saturated heterocycles. The molecule has 2 aromatic carbocycles. The first-order valence-electron chi connectivity index (χ1n) is 6.47. The van der Waals surface area contributed by atoms with Gasteiger partial charge < -0.3 is 5.32 Å². The molecular weight excluding hydrogens is 263 g/mol. The minimum atomic E-state index is -0.884. The van der Waals surface area contributed by atoms with Crippen molar-refractivity contribution in [3.8, 4) is 0 Å². The van der Waals surface area contributed by atoms with E-state index in [2.05, 4.69) is 5.32 Å². The lowest BCUT2D eigenvalue weighted by Gasteiger charge is -2.21. The average Bonchev–Trinajstić information content (AvgIpc) is 2.40. The fourth-order valence-corrected chi connectivity index (χ4v) is 2.27. The Hall–Kier alpha value is -1.81. The van der Waals surface area contributed by atoms with Gasteiger partial charge in [-0.05, 0) is 54.4 Å². The number of nitrogens with one attached hydrogen (secondary N) is 1. The molecular formula is C16H16F3N. The summed E-state index contributed by atoms with van der Waals surface area (Å²) < 4.78 is 39.6. The molecule has 1 nitrogen and oxygen atoms in total. The Morgan fingerprint density at radius 3 is 2.35 bits per heavy atom. The van der Waals surface area contributed by atoms with Gasteiger partial charge in [0, 0.05) is 0 Å². The molecule has 0 saturated carbocycles. The van der Waals surface area contributed by atoms with Crippen LogP contribution < -0.4 is 5.32 Å². The summed E-state index contributed by atoms with van der Waals surface area (Å²) in [6.07, 6.45) is 0. The number of halogens is 3. The predicted molar refractivity (Wildman–Crippen MR) is 73.0 cm³/mol. The molecule has 0 bridgehead atoms. The summed E-state index contributed by atoms with van der Waals surface area (Å²) in [5, 5.41) is 3.21. The van der Waals surface area contributed by atoms with Crippen molar-refractivity contribution in [2.24, 2.45) is 0 Å². The van der Waals surface area contributed by atoms with E-state index in [1.165, 1.54) is 24.3 Å². The van der Waals surface area contributed by atoms with Gasteiger partial charge in [-0.3, -0.25) is 0 Å². The van der Waals surface area contributed by atoms with Crippen LogP contribution in [0.25, 0.3) is 0 Å². The minimum absolute atomic E-state index is 0.296. The van der Waals surface area contributed by atoms with Crippen LogP contribution in [0.4, 0.5) is 13.2 Å². The summed E-state index contributed by atoms with van der Waals surface area (Å²) in [6, 6.07) is 7.98. The first-order valence-corrected chi connectivity index (χ1v) is 6.47. The molecule has 0 aliphatic heterocycles. The third-order valence-electron chi connectivity index (χ3n) is 3.23. The van der Waals surface area contributed by atoms with Crippen LogP contribution in [0.5, 0.6) is 0 Å². The van der Waals surface area contributed by atoms with Gasteiger partial charge in [-0.2, -0.15) is 0 Å². The number of hydrogen-bond acceptors (Lipinski definition) is 1. The maximum Gasteiger partial charge on any atom is 0.159 e. The Morgan fingerprint density at radius 1 is 1.00 bits per heavy atom. The Bertz CT molecular complexity index is 611. The highest BCUT2D eigenvalue weighted by Gasteiger charge is 2.17. The highest BCUT2D eigenvalue weighted by Crippen LogP contribution is 2.26. The standard InChI is InChI=1S/C16H16F3N/c1-3-20-16(11-4-7-14(18)15(19)9-11)13-6-5-12(17)8-10(13)2/h4-9,16,20H,3H2,1-2H3. The number of aryl methyl sites for hydroxylation is 1. The molecule has 2 rings (SSSR count). The molecule has 1 unspecified atom stereocenters. The van der Waals surface area contributed by atoms with E-state index in [0.717, 1.165) is 17.2 Å². The second kappa shape index (κ2) is 6.09. The molecule has 0 amide bonds. The fraction of sp³-hybridized carbons (Fsp3) is 0.250. The Balaban J connectivity index is 2.47. The summed E-state index contributed by atoms with van der Waals surface area (Å²) in [6.45, 7) is 4.37. The monoisotopic (exact) mass is 279 g/mol. The van der Waals surface area contributed by atoms with Crippen molar-refractivity contribution in [1.82, 2.24) is 5.32 Å². The van der Waals surface area contributed by atoms with E-state index in [4.69, 9.17) is 0 Å². The lowest BCUT2D eigenvalue weighted by Crippen LogP contribution is -2.23. The summed E-state index contributed by atoms with van der Waals surface area (Å²) >= 11 is 0. The second-order valence-corrected chi connectivity index (χ2v) is 4.67. The molecule has 2 aromatic rings. The maximum atomic E-state index is 13.4. The van der Waals surface area contributed by atoms with E-state index in [9.17, 15) is 13.2 Å². The van der Waals surface area contributed by atoms with Gasteiger partial charge in [0.15, 0.2) is 11.6 Å². The molecule has 20 heavy (non-hydrogen) atoms. The molecule has 0 aromatic heterocycles. The molecule has 0 heterocycles. The lowest BCUT2D eigenvalue weighted by molar-refractivity contribution is 0.503. The number of benzene rings is 2. The Labute approximate surface area is 116 Å². The molecule has 4 heteroatoms. The summed E-state index contributed by atoms with van der Waals surface area (Å²) in [4.78, 5) is 0. The third kappa shape index (κ3) is 3.02. The fourth-order valence-electron chi connectivity index (χ4n) is 2.27. The average molecular weight is 279 g/mol. The zero-order valence-corrected chi connectivity index (χ0v) is 11.4. The van der Waals surface area contributed by atoms with Gasteiger partial charge >= 0.3 is 0 Å². The quantitative estimate of drug-likeness (QED) is 0.888. The van der Waals surface area contributed by atoms with Crippen LogP contribution >= 0.6 is 0 Å². The number of rotatable bonds is 4. The van der Waals surface area contributed by atoms with Crippen molar-refractivity contribution in [2.75, 3.05) is 6.54 Å². The van der Waals surface area contributed by atoms with Gasteiger partial charge in [-0.25, -0.2) is 13.2 Å². The van der Waals surface area contributed by atoms with Gasteiger partial charge in [-0.15, -0.1) is 0 Å². The van der Waals surface area contributed by atoms with Crippen LogP contribution in [0, 0.1) is 24.4 Å². The molecule has 0 radical (unpaired) electrons. The molecule has 0 spiro atoms. The third-order valence-corrected chi connectivity index (χ3v) is 3.23. The first-order chi connectivity index (χ1) is 9.52. The van der Waals surface area contributed by atoms with E-state index in [0.29, 0.717) is 12.1 Å². The van der Waals surface area contributed by atoms with Crippen molar-refractivity contribution in [3.05, 3.63) is 70.5 Å². The molecule has 0 aliphatic carbocycles. The van der Waals surface area contributed by atoms with Crippen molar-refractivity contribution < 1.29 is 13.2 Å². The van der Waals surface area contributed by atoms with E-state index in [-0.39, 0.29) is 11.9 Å². The van der Waals surface area contributed by atoms with Crippen LogP contribution in [0.3, 0.4) is 0 Å². The van der Waals surface area contributed by atoms with E-state index >= 15 is 0 Å². The van der Waals surface area contributed by atoms with Gasteiger partial charge in [0.2, 0.25) is 0 Å². The molecule has 1 atom stereocenters. The smallest absolute Gasteiger partial charge is 0.159 e. The van der Waals surface area contributed by atoms with Gasteiger partial charge in [0.25, 0.3) is 0 Å². The first kappa shape index (κ1) is 14.6. The van der Waals surface area contributed by atoms with Gasteiger partial charge in [0.1, 0.15) is 5.82 Å². The highest BCUT2D eigenvalue weighted by atomic mass is 19.2. The predicted octanol–water partition coefficient (Wildman–Crippen LogP) is 4.11. The van der Waals surface area contributed by atoms with Crippen molar-refractivity contribution in [1.29, 1.82) is 0 Å². The highest BCUT2D eigenvalue weighted by molar-refractivity contribution is 5.37. The van der Waals surface area contributed by atoms with Crippen molar-refractivity contribution in [3.63, 3.8) is 0 Å². The largest absolute Gasteiger partial charge is 0.307 e. The zero-order valence-electron chi connectivity index (χ0n) is 11.4. The Morgan fingerprint density at radius 2 is 1.75 bits per heavy atom. The zero-order chi connectivity index (χ0) is 14.7. The SMILES string of the molecule is CCNC(c1ccc(F)c(F)c1)c1ccc(F)cc1C. The van der Waals surface area contributed by atoms with E-state index in [1.807, 2.05) is 6.92 Å². The summed E-state index contributed by atoms with van der Waals surface area (Å²) in [7, 11) is 0. The summed E-state index contributed by atoms with van der Waals surface area (Å²) in [5.74, 6) is -2.07. The lowest BCUT2D eigenvalue weighted by atomic mass is 9.94. The summed E-state index contributed by atoms with van der Waals surface area (Å²) in [5.41, 5.74) is 2.22. The van der Waals surface area contributed by atoms with Crippen molar-refractivity contribution >= 4 is 0 Å².